The maximum absolute atomic E-state index is 11.0. The van der Waals surface area contributed by atoms with E-state index in [1.54, 1.807) is 0 Å². The first-order valence-corrected chi connectivity index (χ1v) is 5.21. The molecule has 0 radical (unpaired) electrons. The Balaban J connectivity index is 3.24. The van der Waals surface area contributed by atoms with E-state index in [1.807, 2.05) is 13.8 Å². The van der Waals surface area contributed by atoms with Crippen LogP contribution in [0.4, 0.5) is 0 Å². The Hall–Kier alpha value is -1.10. The number of carbonyl (C=O) groups excluding carboxylic acids is 2. The zero-order valence-corrected chi connectivity index (χ0v) is 9.41. The number of hydrogen-bond acceptors (Lipinski definition) is 4. The summed E-state index contributed by atoms with van der Waals surface area (Å²) in [7, 11) is 0. The zero-order valence-electron chi connectivity index (χ0n) is 9.41. The summed E-state index contributed by atoms with van der Waals surface area (Å²) in [6.45, 7) is 4.53. The highest BCUT2D eigenvalue weighted by molar-refractivity contribution is 5.73. The predicted octanol–water partition coefficient (Wildman–Crippen LogP) is 0.183. The molecule has 0 fully saturated rings. The fraction of sp³-hybridized carbons (Fsp3) is 0.800. The molecule has 0 bridgehead atoms. The third-order valence-electron chi connectivity index (χ3n) is 1.66. The average Bonchev–Trinajstić information content (AvgIpc) is 2.09. The molecule has 0 spiro atoms. The van der Waals surface area contributed by atoms with Crippen LogP contribution in [-0.4, -0.2) is 31.1 Å². The lowest BCUT2D eigenvalue weighted by Gasteiger charge is -2.08. The van der Waals surface area contributed by atoms with E-state index in [9.17, 15) is 9.59 Å². The van der Waals surface area contributed by atoms with Gasteiger partial charge in [0.05, 0.1) is 12.6 Å². The number of ether oxygens (including phenoxy) is 1. The van der Waals surface area contributed by atoms with Gasteiger partial charge in [0.1, 0.15) is 0 Å². The average molecular weight is 216 g/mol. The minimum atomic E-state index is -0.283. The van der Waals surface area contributed by atoms with Crippen molar-refractivity contribution in [3.8, 4) is 0 Å². The van der Waals surface area contributed by atoms with Crippen molar-refractivity contribution >= 4 is 11.9 Å². The zero-order chi connectivity index (χ0) is 11.7. The van der Waals surface area contributed by atoms with Crippen molar-refractivity contribution in [3.63, 3.8) is 0 Å². The molecule has 0 aliphatic heterocycles. The molecule has 5 nitrogen and oxygen atoms in total. The van der Waals surface area contributed by atoms with Gasteiger partial charge in [-0.3, -0.25) is 9.59 Å². The van der Waals surface area contributed by atoms with Crippen molar-refractivity contribution in [1.82, 2.24) is 5.32 Å². The van der Waals surface area contributed by atoms with Gasteiger partial charge in [-0.05, 0) is 33.2 Å². The Morgan fingerprint density at radius 1 is 1.33 bits per heavy atom. The summed E-state index contributed by atoms with van der Waals surface area (Å²) in [6, 6.07) is 0. The van der Waals surface area contributed by atoms with Gasteiger partial charge in [0.15, 0.2) is 0 Å². The standard InChI is InChI=1S/C10H20N2O3/c1-8(2)15-10(14)7-12-6-4-3-5-9(11)13/h8,12H,3-7H2,1-2H3,(H2,11,13). The van der Waals surface area contributed by atoms with Crippen LogP contribution in [-0.2, 0) is 14.3 Å². The van der Waals surface area contributed by atoms with E-state index in [0.29, 0.717) is 13.0 Å². The maximum Gasteiger partial charge on any atom is 0.320 e. The molecule has 0 aliphatic carbocycles. The van der Waals surface area contributed by atoms with Crippen molar-refractivity contribution in [2.45, 2.75) is 39.2 Å². The first-order chi connectivity index (χ1) is 7.02. The van der Waals surface area contributed by atoms with Gasteiger partial charge >= 0.3 is 5.97 Å². The van der Waals surface area contributed by atoms with Crippen LogP contribution >= 0.6 is 0 Å². The molecule has 0 unspecified atom stereocenters. The van der Waals surface area contributed by atoms with Crippen molar-refractivity contribution in [1.29, 1.82) is 0 Å². The Morgan fingerprint density at radius 3 is 2.53 bits per heavy atom. The molecule has 5 heteroatoms. The van der Waals surface area contributed by atoms with Crippen LogP contribution in [0.1, 0.15) is 33.1 Å². The summed E-state index contributed by atoms with van der Waals surface area (Å²) in [5, 5.41) is 2.94. The molecule has 0 aromatic carbocycles. The number of hydrogen-bond donors (Lipinski definition) is 2. The maximum atomic E-state index is 11.0. The third-order valence-corrected chi connectivity index (χ3v) is 1.66. The molecule has 0 heterocycles. The van der Waals surface area contributed by atoms with Gasteiger partial charge in [0, 0.05) is 6.42 Å². The highest BCUT2D eigenvalue weighted by Crippen LogP contribution is 1.92. The number of primary amides is 1. The molecule has 3 N–H and O–H groups in total. The summed E-state index contributed by atoms with van der Waals surface area (Å²) < 4.78 is 4.92. The van der Waals surface area contributed by atoms with Crippen molar-refractivity contribution in [3.05, 3.63) is 0 Å². The summed E-state index contributed by atoms with van der Waals surface area (Å²) in [4.78, 5) is 21.4. The molecule has 0 atom stereocenters. The molecule has 1 amide bonds. The molecule has 0 rings (SSSR count). The lowest BCUT2D eigenvalue weighted by Crippen LogP contribution is -2.27. The van der Waals surface area contributed by atoms with Crippen molar-refractivity contribution in [2.24, 2.45) is 5.73 Å². The van der Waals surface area contributed by atoms with Crippen LogP contribution in [0.15, 0.2) is 0 Å². The van der Waals surface area contributed by atoms with Crippen molar-refractivity contribution in [2.75, 3.05) is 13.1 Å². The molecule has 15 heavy (non-hydrogen) atoms. The smallest absolute Gasteiger partial charge is 0.320 e. The summed E-state index contributed by atoms with van der Waals surface area (Å²) in [6.07, 6.45) is 1.91. The van der Waals surface area contributed by atoms with Gasteiger partial charge in [0.2, 0.25) is 5.91 Å². The lowest BCUT2D eigenvalue weighted by molar-refractivity contribution is -0.146. The Morgan fingerprint density at radius 2 is 2.00 bits per heavy atom. The Bertz CT molecular complexity index is 205. The van der Waals surface area contributed by atoms with Crippen LogP contribution in [0.3, 0.4) is 0 Å². The van der Waals surface area contributed by atoms with Crippen LogP contribution in [0, 0.1) is 0 Å². The molecule has 0 aliphatic rings. The molecule has 0 saturated carbocycles. The highest BCUT2D eigenvalue weighted by Gasteiger charge is 2.03. The van der Waals surface area contributed by atoms with Gasteiger partial charge in [0.25, 0.3) is 0 Å². The normalized spacial score (nSPS) is 10.3. The molecular formula is C10H20N2O3. The largest absolute Gasteiger partial charge is 0.462 e. The molecule has 88 valence electrons. The summed E-state index contributed by atoms with van der Waals surface area (Å²) >= 11 is 0. The minimum Gasteiger partial charge on any atom is -0.462 e. The van der Waals surface area contributed by atoms with E-state index in [1.165, 1.54) is 0 Å². The van der Waals surface area contributed by atoms with Gasteiger partial charge < -0.3 is 15.8 Å². The van der Waals surface area contributed by atoms with Gasteiger partial charge in [-0.2, -0.15) is 0 Å². The first-order valence-electron chi connectivity index (χ1n) is 5.21. The SMILES string of the molecule is CC(C)OC(=O)CNCCCCC(N)=O. The number of esters is 1. The van der Waals surface area contributed by atoms with E-state index in [2.05, 4.69) is 5.32 Å². The van der Waals surface area contributed by atoms with Crippen LogP contribution < -0.4 is 11.1 Å². The Labute approximate surface area is 90.4 Å². The van der Waals surface area contributed by atoms with Gasteiger partial charge in [-0.25, -0.2) is 0 Å². The number of amides is 1. The summed E-state index contributed by atoms with van der Waals surface area (Å²) in [5.41, 5.74) is 4.98. The number of unbranched alkanes of at least 4 members (excludes halogenated alkanes) is 1. The molecule has 0 aromatic heterocycles. The fourth-order valence-electron chi connectivity index (χ4n) is 1.04. The predicted molar refractivity (Wildman–Crippen MR) is 57.1 cm³/mol. The summed E-state index contributed by atoms with van der Waals surface area (Å²) in [5.74, 6) is -0.533. The van der Waals surface area contributed by atoms with Gasteiger partial charge in [-0.1, -0.05) is 0 Å². The fourth-order valence-corrected chi connectivity index (χ4v) is 1.04. The monoisotopic (exact) mass is 216 g/mol. The second-order valence-electron chi connectivity index (χ2n) is 3.64. The van der Waals surface area contributed by atoms with E-state index in [-0.39, 0.29) is 24.5 Å². The molecule has 0 aromatic rings. The van der Waals surface area contributed by atoms with Crippen LogP contribution in [0.5, 0.6) is 0 Å². The second-order valence-corrected chi connectivity index (χ2v) is 3.64. The van der Waals surface area contributed by atoms with E-state index < -0.39 is 0 Å². The quantitative estimate of drug-likeness (QED) is 0.448. The van der Waals surface area contributed by atoms with E-state index in [0.717, 1.165) is 12.8 Å². The van der Waals surface area contributed by atoms with Gasteiger partial charge in [-0.15, -0.1) is 0 Å². The first kappa shape index (κ1) is 13.9. The Kier molecular flexibility index (Phi) is 7.62. The number of carbonyl (C=O) groups is 2. The highest BCUT2D eigenvalue weighted by atomic mass is 16.5. The third kappa shape index (κ3) is 10.8. The van der Waals surface area contributed by atoms with Crippen molar-refractivity contribution < 1.29 is 14.3 Å². The van der Waals surface area contributed by atoms with Crippen LogP contribution in [0.2, 0.25) is 0 Å². The number of rotatable bonds is 8. The van der Waals surface area contributed by atoms with Crippen LogP contribution in [0.25, 0.3) is 0 Å². The van der Waals surface area contributed by atoms with E-state index >= 15 is 0 Å². The number of nitrogens with one attached hydrogen (secondary N) is 1. The van der Waals surface area contributed by atoms with E-state index in [4.69, 9.17) is 10.5 Å². The lowest BCUT2D eigenvalue weighted by atomic mass is 10.2. The molecule has 0 saturated heterocycles. The molecular weight excluding hydrogens is 196 g/mol. The minimum absolute atomic E-state index is 0.0749. The number of nitrogens with two attached hydrogens (primary N) is 1. The second kappa shape index (κ2) is 8.23. The topological polar surface area (TPSA) is 81.4 Å².